The highest BCUT2D eigenvalue weighted by molar-refractivity contribution is 5.33. The summed E-state index contributed by atoms with van der Waals surface area (Å²) in [6, 6.07) is 9.12. The molecule has 1 saturated carbocycles. The van der Waals surface area contributed by atoms with Crippen molar-refractivity contribution in [2.24, 2.45) is 5.92 Å². The van der Waals surface area contributed by atoms with Crippen molar-refractivity contribution in [2.75, 3.05) is 26.7 Å². The Hall–Kier alpha value is -0.860. The van der Waals surface area contributed by atoms with Gasteiger partial charge in [-0.25, -0.2) is 0 Å². The van der Waals surface area contributed by atoms with Gasteiger partial charge >= 0.3 is 0 Å². The van der Waals surface area contributed by atoms with Gasteiger partial charge < -0.3 is 5.32 Å². The Labute approximate surface area is 123 Å². The first-order valence-electron chi connectivity index (χ1n) is 8.31. The number of benzene rings is 1. The Kier molecular flexibility index (Phi) is 4.74. The van der Waals surface area contributed by atoms with Crippen molar-refractivity contribution >= 4 is 0 Å². The van der Waals surface area contributed by atoms with E-state index in [0.717, 1.165) is 11.8 Å². The first-order chi connectivity index (χ1) is 9.86. The molecule has 0 unspecified atom stereocenters. The van der Waals surface area contributed by atoms with E-state index < -0.39 is 0 Å². The number of likely N-dealkylation sites (tertiary alicyclic amines) is 1. The van der Waals surface area contributed by atoms with Gasteiger partial charge in [-0.05, 0) is 81.7 Å². The molecule has 2 heteroatoms. The second-order valence-electron chi connectivity index (χ2n) is 6.58. The van der Waals surface area contributed by atoms with Crippen LogP contribution in [0.25, 0.3) is 0 Å². The van der Waals surface area contributed by atoms with Crippen LogP contribution in [0.1, 0.15) is 49.1 Å². The second kappa shape index (κ2) is 6.73. The number of piperidine rings is 1. The van der Waals surface area contributed by atoms with Gasteiger partial charge in [-0.2, -0.15) is 0 Å². The number of hydrogen-bond donors (Lipinski definition) is 1. The fourth-order valence-corrected chi connectivity index (χ4v) is 3.49. The lowest BCUT2D eigenvalue weighted by Gasteiger charge is -2.32. The van der Waals surface area contributed by atoms with Crippen LogP contribution < -0.4 is 5.32 Å². The third-order valence-corrected chi connectivity index (χ3v) is 4.98. The van der Waals surface area contributed by atoms with E-state index in [1.54, 1.807) is 11.1 Å². The average Bonchev–Trinajstić information content (AvgIpc) is 3.32. The molecule has 0 aromatic heterocycles. The Morgan fingerprint density at radius 2 is 1.85 bits per heavy atom. The molecule has 1 aliphatic heterocycles. The molecular weight excluding hydrogens is 244 g/mol. The van der Waals surface area contributed by atoms with E-state index >= 15 is 0 Å². The van der Waals surface area contributed by atoms with Crippen LogP contribution in [0.4, 0.5) is 0 Å². The highest BCUT2D eigenvalue weighted by Gasteiger charge is 2.26. The highest BCUT2D eigenvalue weighted by Crippen LogP contribution is 2.41. The summed E-state index contributed by atoms with van der Waals surface area (Å²) in [4.78, 5) is 2.66. The molecule has 0 amide bonds. The SMILES string of the molecule is CNCCC1CCN(Cc2ccccc2C2CC2)CC1. The van der Waals surface area contributed by atoms with E-state index in [1.807, 2.05) is 0 Å². The largest absolute Gasteiger partial charge is 0.320 e. The molecule has 0 bridgehead atoms. The minimum Gasteiger partial charge on any atom is -0.320 e. The topological polar surface area (TPSA) is 15.3 Å². The zero-order chi connectivity index (χ0) is 13.8. The van der Waals surface area contributed by atoms with Crippen LogP contribution in [-0.2, 0) is 6.54 Å². The summed E-state index contributed by atoms with van der Waals surface area (Å²) in [7, 11) is 2.06. The van der Waals surface area contributed by atoms with Gasteiger partial charge in [-0.15, -0.1) is 0 Å². The predicted molar refractivity (Wildman–Crippen MR) is 85.0 cm³/mol. The summed E-state index contributed by atoms with van der Waals surface area (Å²) < 4.78 is 0. The Morgan fingerprint density at radius 1 is 1.10 bits per heavy atom. The summed E-state index contributed by atoms with van der Waals surface area (Å²) in [5.74, 6) is 1.82. The third-order valence-electron chi connectivity index (χ3n) is 4.98. The monoisotopic (exact) mass is 272 g/mol. The number of rotatable bonds is 6. The molecule has 1 aliphatic carbocycles. The van der Waals surface area contributed by atoms with Gasteiger partial charge in [0.1, 0.15) is 0 Å². The summed E-state index contributed by atoms with van der Waals surface area (Å²) in [5.41, 5.74) is 3.22. The number of nitrogens with zero attached hydrogens (tertiary/aromatic N) is 1. The molecule has 1 aromatic carbocycles. The number of nitrogens with one attached hydrogen (secondary N) is 1. The fraction of sp³-hybridized carbons (Fsp3) is 0.667. The molecule has 110 valence electrons. The van der Waals surface area contributed by atoms with E-state index in [0.29, 0.717) is 0 Å². The lowest BCUT2D eigenvalue weighted by Crippen LogP contribution is -2.34. The highest BCUT2D eigenvalue weighted by atomic mass is 15.1. The normalized spacial score (nSPS) is 21.2. The van der Waals surface area contributed by atoms with Crippen LogP contribution in [-0.4, -0.2) is 31.6 Å². The summed E-state index contributed by atoms with van der Waals surface area (Å²) in [5, 5.41) is 3.28. The molecule has 2 nitrogen and oxygen atoms in total. The van der Waals surface area contributed by atoms with E-state index in [4.69, 9.17) is 0 Å². The quantitative estimate of drug-likeness (QED) is 0.854. The van der Waals surface area contributed by atoms with Gasteiger partial charge in [-0.1, -0.05) is 24.3 Å². The smallest absolute Gasteiger partial charge is 0.0236 e. The lowest BCUT2D eigenvalue weighted by molar-refractivity contribution is 0.172. The van der Waals surface area contributed by atoms with E-state index in [-0.39, 0.29) is 0 Å². The zero-order valence-corrected chi connectivity index (χ0v) is 12.8. The van der Waals surface area contributed by atoms with Crippen LogP contribution in [0.2, 0.25) is 0 Å². The summed E-state index contributed by atoms with van der Waals surface area (Å²) in [6.07, 6.45) is 6.93. The molecule has 1 heterocycles. The Morgan fingerprint density at radius 3 is 2.55 bits per heavy atom. The van der Waals surface area contributed by atoms with E-state index in [9.17, 15) is 0 Å². The third kappa shape index (κ3) is 3.62. The number of hydrogen-bond acceptors (Lipinski definition) is 2. The van der Waals surface area contributed by atoms with Gasteiger partial charge in [0.05, 0.1) is 0 Å². The van der Waals surface area contributed by atoms with Gasteiger partial charge in [-0.3, -0.25) is 4.90 Å². The summed E-state index contributed by atoms with van der Waals surface area (Å²) in [6.45, 7) is 4.92. The standard InChI is InChI=1S/C18H28N2/c1-19-11-8-15-9-12-20(13-10-15)14-17-4-2-3-5-18(17)16-6-7-16/h2-5,15-16,19H,6-14H2,1H3. The van der Waals surface area contributed by atoms with Crippen molar-refractivity contribution in [3.8, 4) is 0 Å². The minimum atomic E-state index is 0.874. The van der Waals surface area contributed by atoms with Crippen molar-refractivity contribution < 1.29 is 0 Å². The van der Waals surface area contributed by atoms with E-state index in [1.165, 1.54) is 58.3 Å². The molecule has 20 heavy (non-hydrogen) atoms. The molecular formula is C18H28N2. The molecule has 0 radical (unpaired) electrons. The van der Waals surface area contributed by atoms with Gasteiger partial charge in [0.15, 0.2) is 0 Å². The Bertz CT molecular complexity index is 417. The van der Waals surface area contributed by atoms with Crippen LogP contribution in [0.15, 0.2) is 24.3 Å². The van der Waals surface area contributed by atoms with Crippen molar-refractivity contribution in [3.63, 3.8) is 0 Å². The minimum absolute atomic E-state index is 0.874. The first kappa shape index (κ1) is 14.1. The van der Waals surface area contributed by atoms with Crippen LogP contribution in [0.3, 0.4) is 0 Å². The molecule has 2 fully saturated rings. The van der Waals surface area contributed by atoms with Crippen LogP contribution >= 0.6 is 0 Å². The van der Waals surface area contributed by atoms with Crippen LogP contribution in [0.5, 0.6) is 0 Å². The van der Waals surface area contributed by atoms with E-state index in [2.05, 4.69) is 41.5 Å². The Balaban J connectivity index is 1.52. The first-order valence-corrected chi connectivity index (χ1v) is 8.31. The maximum Gasteiger partial charge on any atom is 0.0236 e. The van der Waals surface area contributed by atoms with Crippen molar-refractivity contribution in [2.45, 2.75) is 44.6 Å². The van der Waals surface area contributed by atoms with Crippen molar-refractivity contribution in [3.05, 3.63) is 35.4 Å². The van der Waals surface area contributed by atoms with Gasteiger partial charge in [0, 0.05) is 6.54 Å². The van der Waals surface area contributed by atoms with Gasteiger partial charge in [0.2, 0.25) is 0 Å². The zero-order valence-electron chi connectivity index (χ0n) is 12.8. The van der Waals surface area contributed by atoms with Crippen LogP contribution in [0, 0.1) is 5.92 Å². The van der Waals surface area contributed by atoms with Crippen molar-refractivity contribution in [1.82, 2.24) is 10.2 Å². The summed E-state index contributed by atoms with van der Waals surface area (Å²) >= 11 is 0. The maximum absolute atomic E-state index is 3.28. The predicted octanol–water partition coefficient (Wildman–Crippen LogP) is 3.39. The lowest BCUT2D eigenvalue weighted by atomic mass is 9.93. The average molecular weight is 272 g/mol. The molecule has 2 aliphatic rings. The molecule has 1 saturated heterocycles. The molecule has 1 aromatic rings. The van der Waals surface area contributed by atoms with Crippen molar-refractivity contribution in [1.29, 1.82) is 0 Å². The molecule has 0 atom stereocenters. The van der Waals surface area contributed by atoms with Gasteiger partial charge in [0.25, 0.3) is 0 Å². The maximum atomic E-state index is 3.28. The molecule has 0 spiro atoms. The molecule has 3 rings (SSSR count). The molecule has 1 N–H and O–H groups in total. The second-order valence-corrected chi connectivity index (χ2v) is 6.58. The fourth-order valence-electron chi connectivity index (χ4n) is 3.49.